The maximum absolute atomic E-state index is 11.8. The fraction of sp³-hybridized carbons (Fsp3) is 0.556. The smallest absolute Gasteiger partial charge is 0.226 e. The highest BCUT2D eigenvalue weighted by molar-refractivity contribution is 6.19. The van der Waals surface area contributed by atoms with Gasteiger partial charge in [-0.15, -0.1) is 11.6 Å². The molecule has 0 fully saturated rings. The van der Waals surface area contributed by atoms with Gasteiger partial charge in [0.15, 0.2) is 0 Å². The number of ether oxygens (including phenoxy) is 1. The number of alkyl halides is 1. The highest BCUT2D eigenvalue weighted by atomic mass is 35.5. The molecule has 0 saturated heterocycles. The van der Waals surface area contributed by atoms with Gasteiger partial charge in [0.2, 0.25) is 11.8 Å². The Hall–Kier alpha value is -1.75. The van der Waals surface area contributed by atoms with Crippen molar-refractivity contribution < 1.29 is 14.3 Å². The zero-order valence-electron chi connectivity index (χ0n) is 14.7. The number of hydrogen-bond donors (Lipinski definition) is 2. The van der Waals surface area contributed by atoms with Crippen LogP contribution in [0.25, 0.3) is 0 Å². The summed E-state index contributed by atoms with van der Waals surface area (Å²) in [6, 6.07) is 7.81. The minimum atomic E-state index is -0.598. The van der Waals surface area contributed by atoms with Crippen molar-refractivity contribution in [1.29, 1.82) is 0 Å². The van der Waals surface area contributed by atoms with Crippen LogP contribution in [0.4, 0.5) is 0 Å². The highest BCUT2D eigenvalue weighted by Crippen LogP contribution is 2.16. The molecular formula is C18H27ClN2O3. The van der Waals surface area contributed by atoms with E-state index >= 15 is 0 Å². The number of hydrogen-bond acceptors (Lipinski definition) is 3. The zero-order chi connectivity index (χ0) is 18.0. The average molecular weight is 355 g/mol. The van der Waals surface area contributed by atoms with Crippen LogP contribution in [0.5, 0.6) is 5.75 Å². The van der Waals surface area contributed by atoms with Gasteiger partial charge in [0.1, 0.15) is 5.75 Å². The highest BCUT2D eigenvalue weighted by Gasteiger charge is 2.25. The molecule has 24 heavy (non-hydrogen) atoms. The molecule has 0 aliphatic heterocycles. The van der Waals surface area contributed by atoms with Crippen molar-refractivity contribution in [2.45, 2.75) is 33.6 Å². The summed E-state index contributed by atoms with van der Waals surface area (Å²) in [6.07, 6.45) is 1.04. The number of amides is 2. The van der Waals surface area contributed by atoms with E-state index in [9.17, 15) is 9.59 Å². The lowest BCUT2D eigenvalue weighted by Gasteiger charge is -2.20. The van der Waals surface area contributed by atoms with Crippen LogP contribution < -0.4 is 15.4 Å². The van der Waals surface area contributed by atoms with E-state index in [-0.39, 0.29) is 17.7 Å². The van der Waals surface area contributed by atoms with Gasteiger partial charge >= 0.3 is 0 Å². The molecule has 0 radical (unpaired) electrons. The van der Waals surface area contributed by atoms with Crippen LogP contribution in [-0.4, -0.2) is 37.4 Å². The molecule has 2 N–H and O–H groups in total. The van der Waals surface area contributed by atoms with E-state index in [0.717, 1.165) is 5.75 Å². The van der Waals surface area contributed by atoms with Gasteiger partial charge in [-0.25, -0.2) is 0 Å². The normalized spacial score (nSPS) is 11.0. The number of aryl methyl sites for hydroxylation is 1. The molecule has 0 saturated carbocycles. The zero-order valence-corrected chi connectivity index (χ0v) is 15.4. The molecule has 0 aliphatic rings. The second-order valence-electron chi connectivity index (χ2n) is 6.39. The van der Waals surface area contributed by atoms with Crippen molar-refractivity contribution in [3.05, 3.63) is 29.8 Å². The first kappa shape index (κ1) is 20.3. The predicted molar refractivity (Wildman–Crippen MR) is 96.4 cm³/mol. The number of benzene rings is 1. The molecule has 0 aliphatic carbocycles. The quantitative estimate of drug-likeness (QED) is 0.501. The van der Waals surface area contributed by atoms with Gasteiger partial charge in [-0.2, -0.15) is 0 Å². The van der Waals surface area contributed by atoms with E-state index in [1.54, 1.807) is 13.8 Å². The molecule has 1 aromatic rings. The fourth-order valence-electron chi connectivity index (χ4n) is 1.82. The number of carbonyl (C=O) groups is 2. The van der Waals surface area contributed by atoms with Crippen molar-refractivity contribution in [1.82, 2.24) is 10.6 Å². The summed E-state index contributed by atoms with van der Waals surface area (Å²) in [5, 5.41) is 5.53. The Kier molecular flexibility index (Phi) is 8.61. The Morgan fingerprint density at radius 2 is 1.75 bits per heavy atom. The molecule has 0 heterocycles. The molecule has 2 amide bonds. The van der Waals surface area contributed by atoms with Crippen LogP contribution in [0.3, 0.4) is 0 Å². The van der Waals surface area contributed by atoms with E-state index in [0.29, 0.717) is 32.5 Å². The van der Waals surface area contributed by atoms with Gasteiger partial charge < -0.3 is 15.4 Å². The molecule has 1 rings (SSSR count). The standard InChI is InChI=1S/C18H27ClN2O3/c1-14-6-8-15(9-7-14)24-12-4-5-16(22)20-10-11-21-17(23)18(2,3)13-19/h6-9H,4-5,10-13H2,1-3H3,(H,20,22)(H,21,23). The molecule has 0 bridgehead atoms. The van der Waals surface area contributed by atoms with E-state index in [1.165, 1.54) is 5.56 Å². The monoisotopic (exact) mass is 354 g/mol. The third kappa shape index (κ3) is 7.68. The third-order valence-electron chi connectivity index (χ3n) is 3.52. The first-order valence-corrected chi connectivity index (χ1v) is 8.69. The Bertz CT molecular complexity index is 530. The molecule has 0 spiro atoms. The first-order valence-electron chi connectivity index (χ1n) is 8.15. The summed E-state index contributed by atoms with van der Waals surface area (Å²) < 4.78 is 5.57. The lowest BCUT2D eigenvalue weighted by molar-refractivity contribution is -0.128. The van der Waals surface area contributed by atoms with E-state index in [2.05, 4.69) is 10.6 Å². The van der Waals surface area contributed by atoms with Crippen LogP contribution in [0.2, 0.25) is 0 Å². The summed E-state index contributed by atoms with van der Waals surface area (Å²) in [5.41, 5.74) is 0.585. The van der Waals surface area contributed by atoms with Crippen molar-refractivity contribution in [2.75, 3.05) is 25.6 Å². The van der Waals surface area contributed by atoms with Crippen LogP contribution in [0, 0.1) is 12.3 Å². The maximum atomic E-state index is 11.8. The largest absolute Gasteiger partial charge is 0.494 e. The maximum Gasteiger partial charge on any atom is 0.226 e. The number of nitrogens with one attached hydrogen (secondary N) is 2. The fourth-order valence-corrected chi connectivity index (χ4v) is 1.94. The van der Waals surface area contributed by atoms with E-state index in [4.69, 9.17) is 16.3 Å². The van der Waals surface area contributed by atoms with Crippen molar-refractivity contribution in [3.8, 4) is 5.75 Å². The van der Waals surface area contributed by atoms with Gasteiger partial charge in [0.25, 0.3) is 0 Å². The van der Waals surface area contributed by atoms with E-state index in [1.807, 2.05) is 31.2 Å². The summed E-state index contributed by atoms with van der Waals surface area (Å²) >= 11 is 5.73. The Labute approximate surface area is 149 Å². The predicted octanol–water partition coefficient (Wildman–Crippen LogP) is 2.65. The third-order valence-corrected chi connectivity index (χ3v) is 4.19. The van der Waals surface area contributed by atoms with Crippen molar-refractivity contribution >= 4 is 23.4 Å². The molecule has 1 aromatic carbocycles. The van der Waals surface area contributed by atoms with E-state index < -0.39 is 5.41 Å². The summed E-state index contributed by atoms with van der Waals surface area (Å²) in [6.45, 7) is 6.88. The second-order valence-corrected chi connectivity index (χ2v) is 6.66. The van der Waals surface area contributed by atoms with Crippen LogP contribution in [0.15, 0.2) is 24.3 Å². The Morgan fingerprint density at radius 1 is 1.12 bits per heavy atom. The molecule has 134 valence electrons. The average Bonchev–Trinajstić information content (AvgIpc) is 2.57. The van der Waals surface area contributed by atoms with Crippen molar-refractivity contribution in [3.63, 3.8) is 0 Å². The summed E-state index contributed by atoms with van der Waals surface area (Å²) in [5.74, 6) is 0.906. The number of halogens is 1. The van der Waals surface area contributed by atoms with Crippen LogP contribution >= 0.6 is 11.6 Å². The molecule has 5 nitrogen and oxygen atoms in total. The minimum Gasteiger partial charge on any atom is -0.494 e. The number of rotatable bonds is 10. The SMILES string of the molecule is Cc1ccc(OCCCC(=O)NCCNC(=O)C(C)(C)CCl)cc1. The molecule has 0 unspecified atom stereocenters. The molecule has 0 atom stereocenters. The van der Waals surface area contributed by atoms with Crippen molar-refractivity contribution in [2.24, 2.45) is 5.41 Å². The van der Waals surface area contributed by atoms with Crippen LogP contribution in [-0.2, 0) is 9.59 Å². The summed E-state index contributed by atoms with van der Waals surface area (Å²) in [4.78, 5) is 23.5. The topological polar surface area (TPSA) is 67.4 Å². The van der Waals surface area contributed by atoms with Gasteiger partial charge in [0, 0.05) is 25.4 Å². The first-order chi connectivity index (χ1) is 11.3. The Balaban J connectivity index is 2.08. The number of carbonyl (C=O) groups excluding carboxylic acids is 2. The lowest BCUT2D eigenvalue weighted by Crippen LogP contribution is -2.41. The molecule has 6 heteroatoms. The van der Waals surface area contributed by atoms with Gasteiger partial charge in [-0.05, 0) is 39.3 Å². The van der Waals surface area contributed by atoms with Crippen LogP contribution in [0.1, 0.15) is 32.3 Å². The molecular weight excluding hydrogens is 328 g/mol. The second kappa shape index (κ2) is 10.2. The minimum absolute atomic E-state index is 0.0478. The summed E-state index contributed by atoms with van der Waals surface area (Å²) in [7, 11) is 0. The van der Waals surface area contributed by atoms with Gasteiger partial charge in [-0.3, -0.25) is 9.59 Å². The van der Waals surface area contributed by atoms with Gasteiger partial charge in [0.05, 0.1) is 12.0 Å². The lowest BCUT2D eigenvalue weighted by atomic mass is 9.95. The molecule has 0 aromatic heterocycles. The van der Waals surface area contributed by atoms with Gasteiger partial charge in [-0.1, -0.05) is 17.7 Å². The Morgan fingerprint density at radius 3 is 2.38 bits per heavy atom.